The van der Waals surface area contributed by atoms with Crippen LogP contribution in [0.3, 0.4) is 0 Å². The van der Waals surface area contributed by atoms with Crippen LogP contribution in [0.5, 0.6) is 5.75 Å². The topological polar surface area (TPSA) is 65.0 Å². The smallest absolute Gasteiger partial charge is 0.237 e. The van der Waals surface area contributed by atoms with Gasteiger partial charge in [-0.3, -0.25) is 9.69 Å². The molecule has 1 amide bonds. The summed E-state index contributed by atoms with van der Waals surface area (Å²) in [6.45, 7) is 3.81. The Labute approximate surface area is 166 Å². The number of nitrogens with one attached hydrogen (secondary N) is 1. The molecule has 6 heteroatoms. The lowest BCUT2D eigenvalue weighted by molar-refractivity contribution is -0.127. The number of aliphatic hydroxyl groups excluding tert-OH is 1. The third kappa shape index (κ3) is 5.24. The Morgan fingerprint density at radius 3 is 2.36 bits per heavy atom. The summed E-state index contributed by atoms with van der Waals surface area (Å²) in [7, 11) is 1.63. The van der Waals surface area contributed by atoms with Crippen LogP contribution < -0.4 is 15.0 Å². The van der Waals surface area contributed by atoms with Crippen LogP contribution in [0.1, 0.15) is 12.0 Å². The van der Waals surface area contributed by atoms with E-state index in [9.17, 15) is 9.90 Å². The van der Waals surface area contributed by atoms with Crippen molar-refractivity contribution in [3.05, 3.63) is 60.2 Å². The van der Waals surface area contributed by atoms with Crippen LogP contribution in [0.15, 0.2) is 54.6 Å². The van der Waals surface area contributed by atoms with Crippen molar-refractivity contribution in [1.82, 2.24) is 10.2 Å². The number of hydrogen-bond donors (Lipinski definition) is 2. The average molecular weight is 383 g/mol. The molecular formula is C22H29N3O3. The Balaban J connectivity index is 1.54. The summed E-state index contributed by atoms with van der Waals surface area (Å²) >= 11 is 0. The maximum atomic E-state index is 12.8. The van der Waals surface area contributed by atoms with Gasteiger partial charge in [0, 0.05) is 45.0 Å². The van der Waals surface area contributed by atoms with Crippen LogP contribution >= 0.6 is 0 Å². The van der Waals surface area contributed by atoms with Crippen molar-refractivity contribution >= 4 is 11.6 Å². The third-order valence-electron chi connectivity index (χ3n) is 5.21. The standard InChI is InChI=1S/C22H29N3O3/c1-28-20-9-7-18(8-10-20)17-23-22(27)21(11-16-26)25-14-12-24(13-15-25)19-5-3-2-4-6-19/h2-10,21,26H,11-17H2,1H3,(H,23,27). The molecule has 0 spiro atoms. The molecule has 1 heterocycles. The lowest BCUT2D eigenvalue weighted by Gasteiger charge is -2.39. The number of nitrogens with zero attached hydrogens (tertiary/aromatic N) is 2. The highest BCUT2D eigenvalue weighted by Gasteiger charge is 2.28. The Bertz CT molecular complexity index is 728. The Morgan fingerprint density at radius 2 is 1.75 bits per heavy atom. The fourth-order valence-corrected chi connectivity index (χ4v) is 3.58. The van der Waals surface area contributed by atoms with Crippen molar-refractivity contribution in [2.75, 3.05) is 44.8 Å². The zero-order chi connectivity index (χ0) is 19.8. The second kappa shape index (κ2) is 10.1. The highest BCUT2D eigenvalue weighted by molar-refractivity contribution is 5.81. The molecule has 28 heavy (non-hydrogen) atoms. The van der Waals surface area contributed by atoms with Gasteiger partial charge < -0.3 is 20.1 Å². The van der Waals surface area contributed by atoms with Gasteiger partial charge in [-0.05, 0) is 36.2 Å². The molecule has 0 aromatic heterocycles. The predicted molar refractivity (Wildman–Crippen MR) is 111 cm³/mol. The van der Waals surface area contributed by atoms with E-state index in [4.69, 9.17) is 4.74 Å². The van der Waals surface area contributed by atoms with Crippen molar-refractivity contribution < 1.29 is 14.6 Å². The second-order valence-electron chi connectivity index (χ2n) is 6.95. The molecule has 3 rings (SSSR count). The highest BCUT2D eigenvalue weighted by Crippen LogP contribution is 2.18. The summed E-state index contributed by atoms with van der Waals surface area (Å²) in [5.74, 6) is 0.766. The number of ether oxygens (including phenoxy) is 1. The van der Waals surface area contributed by atoms with Gasteiger partial charge >= 0.3 is 0 Å². The minimum atomic E-state index is -0.304. The first kappa shape index (κ1) is 20.2. The summed E-state index contributed by atoms with van der Waals surface area (Å²) in [4.78, 5) is 17.3. The van der Waals surface area contributed by atoms with E-state index in [2.05, 4.69) is 27.2 Å². The number of benzene rings is 2. The summed E-state index contributed by atoms with van der Waals surface area (Å²) in [5.41, 5.74) is 2.23. The van der Waals surface area contributed by atoms with Crippen molar-refractivity contribution in [2.24, 2.45) is 0 Å². The number of amides is 1. The minimum Gasteiger partial charge on any atom is -0.497 e. The molecule has 1 aliphatic heterocycles. The molecule has 150 valence electrons. The molecule has 1 atom stereocenters. The normalized spacial score (nSPS) is 15.9. The van der Waals surface area contributed by atoms with Gasteiger partial charge in [0.05, 0.1) is 13.2 Å². The summed E-state index contributed by atoms with van der Waals surface area (Å²) < 4.78 is 5.16. The number of para-hydroxylation sites is 1. The molecular weight excluding hydrogens is 354 g/mol. The van der Waals surface area contributed by atoms with E-state index in [-0.39, 0.29) is 18.6 Å². The Morgan fingerprint density at radius 1 is 1.07 bits per heavy atom. The SMILES string of the molecule is COc1ccc(CNC(=O)C(CCO)N2CCN(c3ccccc3)CC2)cc1. The number of rotatable bonds is 8. The summed E-state index contributed by atoms with van der Waals surface area (Å²) in [6, 6.07) is 17.7. The lowest BCUT2D eigenvalue weighted by atomic mass is 10.1. The minimum absolute atomic E-state index is 0.000474. The molecule has 6 nitrogen and oxygen atoms in total. The first-order chi connectivity index (χ1) is 13.7. The van der Waals surface area contributed by atoms with Crippen molar-refractivity contribution in [3.8, 4) is 5.75 Å². The molecule has 1 aliphatic rings. The van der Waals surface area contributed by atoms with Gasteiger partial charge in [0.15, 0.2) is 0 Å². The molecule has 0 saturated carbocycles. The number of aliphatic hydroxyl groups is 1. The quantitative estimate of drug-likeness (QED) is 0.729. The molecule has 0 radical (unpaired) electrons. The van der Waals surface area contributed by atoms with Gasteiger partial charge in [0.1, 0.15) is 5.75 Å². The molecule has 2 N–H and O–H groups in total. The zero-order valence-corrected chi connectivity index (χ0v) is 16.4. The highest BCUT2D eigenvalue weighted by atomic mass is 16.5. The van der Waals surface area contributed by atoms with Crippen molar-refractivity contribution in [1.29, 1.82) is 0 Å². The molecule has 1 fully saturated rings. The van der Waals surface area contributed by atoms with Gasteiger partial charge in [-0.25, -0.2) is 0 Å². The van der Waals surface area contributed by atoms with E-state index in [1.54, 1.807) is 7.11 Å². The zero-order valence-electron chi connectivity index (χ0n) is 16.4. The summed E-state index contributed by atoms with van der Waals surface area (Å²) in [6.07, 6.45) is 0.444. The van der Waals surface area contributed by atoms with Gasteiger partial charge in [0.25, 0.3) is 0 Å². The largest absolute Gasteiger partial charge is 0.497 e. The number of piperazine rings is 1. The molecule has 1 saturated heterocycles. The number of hydrogen-bond acceptors (Lipinski definition) is 5. The predicted octanol–water partition coefficient (Wildman–Crippen LogP) is 1.88. The molecule has 0 bridgehead atoms. The van der Waals surface area contributed by atoms with Crippen LogP contribution in [0, 0.1) is 0 Å². The van der Waals surface area contributed by atoms with Gasteiger partial charge in [-0.15, -0.1) is 0 Å². The van der Waals surface area contributed by atoms with Crippen LogP contribution in [0.2, 0.25) is 0 Å². The first-order valence-electron chi connectivity index (χ1n) is 9.77. The van der Waals surface area contributed by atoms with Crippen LogP contribution in [0.25, 0.3) is 0 Å². The maximum Gasteiger partial charge on any atom is 0.237 e. The van der Waals surface area contributed by atoms with Gasteiger partial charge in [-0.2, -0.15) is 0 Å². The second-order valence-corrected chi connectivity index (χ2v) is 6.95. The number of carbonyl (C=O) groups excluding carboxylic acids is 1. The summed E-state index contributed by atoms with van der Waals surface area (Å²) in [5, 5.41) is 12.5. The van der Waals surface area contributed by atoms with E-state index in [0.29, 0.717) is 13.0 Å². The van der Waals surface area contributed by atoms with E-state index in [0.717, 1.165) is 37.5 Å². The van der Waals surface area contributed by atoms with Crippen LogP contribution in [0.4, 0.5) is 5.69 Å². The molecule has 1 unspecified atom stereocenters. The van der Waals surface area contributed by atoms with Crippen LogP contribution in [-0.2, 0) is 11.3 Å². The van der Waals surface area contributed by atoms with E-state index < -0.39 is 0 Å². The van der Waals surface area contributed by atoms with Gasteiger partial charge in [-0.1, -0.05) is 30.3 Å². The third-order valence-corrected chi connectivity index (χ3v) is 5.21. The van der Waals surface area contributed by atoms with E-state index in [1.165, 1.54) is 5.69 Å². The Kier molecular flexibility index (Phi) is 7.28. The van der Waals surface area contributed by atoms with Crippen molar-refractivity contribution in [3.63, 3.8) is 0 Å². The Hall–Kier alpha value is -2.57. The fraction of sp³-hybridized carbons (Fsp3) is 0.409. The number of methoxy groups -OCH3 is 1. The van der Waals surface area contributed by atoms with Gasteiger partial charge in [0.2, 0.25) is 5.91 Å². The van der Waals surface area contributed by atoms with Crippen molar-refractivity contribution in [2.45, 2.75) is 19.0 Å². The lowest BCUT2D eigenvalue weighted by Crippen LogP contribution is -2.55. The van der Waals surface area contributed by atoms with E-state index >= 15 is 0 Å². The monoisotopic (exact) mass is 383 g/mol. The molecule has 2 aromatic carbocycles. The molecule has 2 aromatic rings. The number of carbonyl (C=O) groups is 1. The maximum absolute atomic E-state index is 12.8. The first-order valence-corrected chi connectivity index (χ1v) is 9.77. The van der Waals surface area contributed by atoms with E-state index in [1.807, 2.05) is 42.5 Å². The average Bonchev–Trinajstić information content (AvgIpc) is 2.77. The number of anilines is 1. The fourth-order valence-electron chi connectivity index (χ4n) is 3.58. The van der Waals surface area contributed by atoms with Crippen LogP contribution in [-0.4, -0.2) is 61.9 Å². The molecule has 0 aliphatic carbocycles.